The van der Waals surface area contributed by atoms with E-state index in [0.717, 1.165) is 11.1 Å². The Balaban J connectivity index is 2.07. The van der Waals surface area contributed by atoms with Crippen LogP contribution in [0.3, 0.4) is 0 Å². The van der Waals surface area contributed by atoms with Gasteiger partial charge in [-0.1, -0.05) is 60.7 Å². The monoisotopic (exact) mass is 411 g/mol. The molecule has 7 heteroatoms. The summed E-state index contributed by atoms with van der Waals surface area (Å²) in [6, 6.07) is 18.6. The first-order valence-electron chi connectivity index (χ1n) is 9.92. The zero-order chi connectivity index (χ0) is 21.9. The average Bonchev–Trinajstić information content (AvgIpc) is 2.71. The fraction of sp³-hybridized carbons (Fsp3) is 0.348. The number of nitrogens with one attached hydrogen (secondary N) is 1. The summed E-state index contributed by atoms with van der Waals surface area (Å²) in [5.41, 5.74) is 1.71. The van der Waals surface area contributed by atoms with Gasteiger partial charge in [-0.25, -0.2) is 9.59 Å². The van der Waals surface area contributed by atoms with Gasteiger partial charge in [-0.2, -0.15) is 0 Å². The third kappa shape index (κ3) is 7.58. The molecule has 0 radical (unpaired) electrons. The SMILES string of the molecule is CC(C)N(/C(=N\C(=O)OCc1ccccc1)NC(=O)OCc1ccccc1)C(C)C. The summed E-state index contributed by atoms with van der Waals surface area (Å²) in [6.45, 7) is 7.99. The summed E-state index contributed by atoms with van der Waals surface area (Å²) >= 11 is 0. The van der Waals surface area contributed by atoms with Crippen LogP contribution in [0.15, 0.2) is 65.7 Å². The van der Waals surface area contributed by atoms with Gasteiger partial charge in [-0.3, -0.25) is 5.32 Å². The molecule has 2 aromatic carbocycles. The quantitative estimate of drug-likeness (QED) is 0.549. The number of rotatable bonds is 6. The van der Waals surface area contributed by atoms with E-state index in [2.05, 4.69) is 10.3 Å². The average molecular weight is 412 g/mol. The van der Waals surface area contributed by atoms with Gasteiger partial charge in [0.05, 0.1) is 0 Å². The lowest BCUT2D eigenvalue weighted by Gasteiger charge is -2.33. The molecule has 0 saturated heterocycles. The Kier molecular flexibility index (Phi) is 8.87. The smallest absolute Gasteiger partial charge is 0.437 e. The molecule has 0 saturated carbocycles. The second kappa shape index (κ2) is 11.6. The molecule has 0 unspecified atom stereocenters. The topological polar surface area (TPSA) is 80.2 Å². The predicted molar refractivity (Wildman–Crippen MR) is 116 cm³/mol. The van der Waals surface area contributed by atoms with Crippen molar-refractivity contribution >= 4 is 18.1 Å². The van der Waals surface area contributed by atoms with Crippen LogP contribution in [0.5, 0.6) is 0 Å². The molecule has 0 aromatic heterocycles. The minimum absolute atomic E-state index is 0.0138. The van der Waals surface area contributed by atoms with Crippen molar-refractivity contribution in [3.05, 3.63) is 71.8 Å². The Morgan fingerprint density at radius 2 is 1.30 bits per heavy atom. The van der Waals surface area contributed by atoms with Gasteiger partial charge in [0.2, 0.25) is 5.96 Å². The molecular formula is C23H29N3O4. The molecule has 0 heterocycles. The minimum atomic E-state index is -0.788. The van der Waals surface area contributed by atoms with E-state index in [1.54, 1.807) is 0 Å². The number of nitrogens with zero attached hydrogens (tertiary/aromatic N) is 2. The molecule has 0 spiro atoms. The number of carbonyl (C=O) groups is 2. The Bertz CT molecular complexity index is 828. The van der Waals surface area contributed by atoms with E-state index in [-0.39, 0.29) is 31.3 Å². The lowest BCUT2D eigenvalue weighted by atomic mass is 10.2. The molecule has 160 valence electrons. The first-order chi connectivity index (χ1) is 14.4. The van der Waals surface area contributed by atoms with Gasteiger partial charge in [0, 0.05) is 12.1 Å². The molecule has 0 aliphatic carbocycles. The molecule has 7 nitrogen and oxygen atoms in total. The number of amides is 2. The number of ether oxygens (including phenoxy) is 2. The van der Waals surface area contributed by atoms with Crippen LogP contribution >= 0.6 is 0 Å². The fourth-order valence-corrected chi connectivity index (χ4v) is 2.92. The molecule has 2 rings (SSSR count). The zero-order valence-corrected chi connectivity index (χ0v) is 17.9. The van der Waals surface area contributed by atoms with Crippen LogP contribution in [0.1, 0.15) is 38.8 Å². The van der Waals surface area contributed by atoms with Crippen LogP contribution in [0, 0.1) is 0 Å². The van der Waals surface area contributed by atoms with Crippen molar-refractivity contribution in [1.82, 2.24) is 10.2 Å². The van der Waals surface area contributed by atoms with Crippen molar-refractivity contribution in [2.24, 2.45) is 4.99 Å². The van der Waals surface area contributed by atoms with E-state index >= 15 is 0 Å². The molecule has 1 N–H and O–H groups in total. The van der Waals surface area contributed by atoms with Crippen LogP contribution in [0.4, 0.5) is 9.59 Å². The minimum Gasteiger partial charge on any atom is -0.444 e. The highest BCUT2D eigenvalue weighted by Gasteiger charge is 2.22. The molecule has 0 atom stereocenters. The summed E-state index contributed by atoms with van der Waals surface area (Å²) in [5.74, 6) is 0.0936. The highest BCUT2D eigenvalue weighted by Crippen LogP contribution is 2.08. The number of alkyl carbamates (subject to hydrolysis) is 1. The highest BCUT2D eigenvalue weighted by atomic mass is 16.6. The van der Waals surface area contributed by atoms with Gasteiger partial charge in [0.25, 0.3) is 0 Å². The van der Waals surface area contributed by atoms with Crippen molar-refractivity contribution in [2.75, 3.05) is 0 Å². The Morgan fingerprint density at radius 3 is 1.77 bits per heavy atom. The second-order valence-electron chi connectivity index (χ2n) is 7.26. The highest BCUT2D eigenvalue weighted by molar-refractivity contribution is 5.99. The normalized spacial score (nSPS) is 11.3. The molecule has 2 aromatic rings. The van der Waals surface area contributed by atoms with E-state index in [9.17, 15) is 9.59 Å². The van der Waals surface area contributed by atoms with Crippen molar-refractivity contribution in [2.45, 2.75) is 53.0 Å². The van der Waals surface area contributed by atoms with Gasteiger partial charge < -0.3 is 14.4 Å². The van der Waals surface area contributed by atoms with Crippen LogP contribution in [-0.2, 0) is 22.7 Å². The van der Waals surface area contributed by atoms with Gasteiger partial charge in [-0.05, 0) is 38.8 Å². The zero-order valence-electron chi connectivity index (χ0n) is 17.9. The Hall–Kier alpha value is -3.35. The summed E-state index contributed by atoms with van der Waals surface area (Å²) < 4.78 is 10.5. The number of hydrogen-bond acceptors (Lipinski definition) is 4. The molecule has 0 aliphatic heterocycles. The lowest BCUT2D eigenvalue weighted by molar-refractivity contribution is 0.141. The largest absolute Gasteiger partial charge is 0.444 e. The van der Waals surface area contributed by atoms with E-state index < -0.39 is 12.2 Å². The summed E-state index contributed by atoms with van der Waals surface area (Å²) in [6.07, 6.45) is -1.48. The molecule has 0 aliphatic rings. The third-order valence-corrected chi connectivity index (χ3v) is 4.19. The van der Waals surface area contributed by atoms with Crippen LogP contribution in [-0.4, -0.2) is 35.1 Å². The maximum atomic E-state index is 12.3. The first kappa shape index (κ1) is 22.9. The molecule has 0 fully saturated rings. The van der Waals surface area contributed by atoms with E-state index in [1.807, 2.05) is 93.3 Å². The molecule has 0 bridgehead atoms. The summed E-state index contributed by atoms with van der Waals surface area (Å²) in [5, 5.41) is 2.59. The first-order valence-corrected chi connectivity index (χ1v) is 9.92. The van der Waals surface area contributed by atoms with Crippen molar-refractivity contribution in [3.8, 4) is 0 Å². The predicted octanol–water partition coefficient (Wildman–Crippen LogP) is 4.72. The second-order valence-corrected chi connectivity index (χ2v) is 7.26. The van der Waals surface area contributed by atoms with Crippen LogP contribution < -0.4 is 5.32 Å². The van der Waals surface area contributed by atoms with Gasteiger partial charge in [0.1, 0.15) is 13.2 Å². The van der Waals surface area contributed by atoms with Gasteiger partial charge in [-0.15, -0.1) is 4.99 Å². The maximum Gasteiger partial charge on any atom is 0.437 e. The molecule has 2 amide bonds. The van der Waals surface area contributed by atoms with Crippen molar-refractivity contribution in [3.63, 3.8) is 0 Å². The Morgan fingerprint density at radius 1 is 0.833 bits per heavy atom. The maximum absolute atomic E-state index is 12.3. The fourth-order valence-electron chi connectivity index (χ4n) is 2.92. The van der Waals surface area contributed by atoms with Crippen LogP contribution in [0.2, 0.25) is 0 Å². The Labute approximate surface area is 177 Å². The number of guanidine groups is 1. The van der Waals surface area contributed by atoms with E-state index in [1.165, 1.54) is 0 Å². The number of benzene rings is 2. The van der Waals surface area contributed by atoms with Gasteiger partial charge >= 0.3 is 12.2 Å². The standard InChI is InChI=1S/C23H29N3O4/c1-17(2)26(18(3)4)21(24-22(27)29-15-19-11-7-5-8-12-19)25-23(28)30-16-20-13-9-6-10-14-20/h5-14,17-18H,15-16H2,1-4H3,(H,24,25,27,28). The van der Waals surface area contributed by atoms with E-state index in [4.69, 9.17) is 9.47 Å². The molecular weight excluding hydrogens is 382 g/mol. The number of carbonyl (C=O) groups excluding carboxylic acids is 2. The molecule has 30 heavy (non-hydrogen) atoms. The summed E-state index contributed by atoms with van der Waals surface area (Å²) in [7, 11) is 0. The van der Waals surface area contributed by atoms with E-state index in [0.29, 0.717) is 0 Å². The van der Waals surface area contributed by atoms with Crippen molar-refractivity contribution in [1.29, 1.82) is 0 Å². The number of hydrogen-bond donors (Lipinski definition) is 1. The van der Waals surface area contributed by atoms with Gasteiger partial charge in [0.15, 0.2) is 0 Å². The summed E-state index contributed by atoms with van der Waals surface area (Å²) in [4.78, 5) is 30.5. The lowest BCUT2D eigenvalue weighted by Crippen LogP contribution is -2.51. The van der Waals surface area contributed by atoms with Crippen molar-refractivity contribution < 1.29 is 19.1 Å². The van der Waals surface area contributed by atoms with Crippen LogP contribution in [0.25, 0.3) is 0 Å². The third-order valence-electron chi connectivity index (χ3n) is 4.19. The number of aliphatic imine (C=N–C) groups is 1.